The number of amides is 1. The maximum atomic E-state index is 13.2. The average molecular weight is 450 g/mol. The van der Waals surface area contributed by atoms with E-state index in [4.69, 9.17) is 0 Å². The lowest BCUT2D eigenvalue weighted by atomic mass is 9.87. The Balaban J connectivity index is 1.84. The van der Waals surface area contributed by atoms with E-state index in [0.29, 0.717) is 10.7 Å². The second-order valence-electron chi connectivity index (χ2n) is 9.58. The SMILES string of the molecule is CC(C)CC(=O)C1=C(O)C(=O)N(c2nc3ccc(C(C)(C)C)cc3s2)C1c1cccnc1. The van der Waals surface area contributed by atoms with Crippen LogP contribution in [-0.2, 0) is 15.0 Å². The number of thiazole rings is 1. The minimum Gasteiger partial charge on any atom is -0.503 e. The van der Waals surface area contributed by atoms with Crippen molar-refractivity contribution in [3.63, 3.8) is 0 Å². The number of anilines is 1. The molecule has 1 atom stereocenters. The van der Waals surface area contributed by atoms with E-state index in [0.717, 1.165) is 10.2 Å². The molecule has 0 spiro atoms. The summed E-state index contributed by atoms with van der Waals surface area (Å²) in [4.78, 5) is 36.6. The molecule has 3 aromatic rings. The van der Waals surface area contributed by atoms with E-state index in [9.17, 15) is 14.7 Å². The highest BCUT2D eigenvalue weighted by atomic mass is 32.1. The second-order valence-corrected chi connectivity index (χ2v) is 10.6. The number of benzene rings is 1. The number of aliphatic hydroxyl groups excluding tert-OH is 1. The first-order valence-corrected chi connectivity index (χ1v) is 11.5. The van der Waals surface area contributed by atoms with Crippen molar-refractivity contribution in [3.05, 3.63) is 65.2 Å². The van der Waals surface area contributed by atoms with Gasteiger partial charge in [-0.25, -0.2) is 4.98 Å². The van der Waals surface area contributed by atoms with E-state index in [1.165, 1.54) is 21.8 Å². The fourth-order valence-electron chi connectivity index (χ4n) is 3.90. The third kappa shape index (κ3) is 3.93. The first-order valence-electron chi connectivity index (χ1n) is 10.7. The number of pyridine rings is 1. The molecule has 0 radical (unpaired) electrons. The van der Waals surface area contributed by atoms with Crippen LogP contribution < -0.4 is 4.90 Å². The maximum absolute atomic E-state index is 13.2. The first-order chi connectivity index (χ1) is 15.1. The summed E-state index contributed by atoms with van der Waals surface area (Å²) in [5.41, 5.74) is 2.71. The van der Waals surface area contributed by atoms with Gasteiger partial charge in [0, 0.05) is 18.8 Å². The van der Waals surface area contributed by atoms with Gasteiger partial charge in [0.2, 0.25) is 0 Å². The van der Waals surface area contributed by atoms with Gasteiger partial charge in [-0.2, -0.15) is 0 Å². The summed E-state index contributed by atoms with van der Waals surface area (Å²) in [6.07, 6.45) is 3.50. The maximum Gasteiger partial charge on any atom is 0.296 e. The molecule has 6 nitrogen and oxygen atoms in total. The monoisotopic (exact) mass is 449 g/mol. The topological polar surface area (TPSA) is 83.4 Å². The van der Waals surface area contributed by atoms with Crippen molar-refractivity contribution in [2.75, 3.05) is 4.90 Å². The van der Waals surface area contributed by atoms with Gasteiger partial charge in [0.05, 0.1) is 21.8 Å². The lowest BCUT2D eigenvalue weighted by molar-refractivity contribution is -0.118. The van der Waals surface area contributed by atoms with Crippen LogP contribution in [0, 0.1) is 5.92 Å². The molecule has 1 amide bonds. The molecule has 4 rings (SSSR count). The molecule has 1 aliphatic rings. The summed E-state index contributed by atoms with van der Waals surface area (Å²) in [5.74, 6) is -1.25. The van der Waals surface area contributed by atoms with Gasteiger partial charge in [0.1, 0.15) is 0 Å². The number of Topliss-reactive ketones (excluding diaryl/α,β-unsaturated/α-hetero) is 1. The highest BCUT2D eigenvalue weighted by Gasteiger charge is 2.45. The number of aliphatic hydroxyl groups is 1. The van der Waals surface area contributed by atoms with Crippen LogP contribution in [0.5, 0.6) is 0 Å². The molecule has 0 bridgehead atoms. The van der Waals surface area contributed by atoms with E-state index < -0.39 is 17.7 Å². The van der Waals surface area contributed by atoms with Gasteiger partial charge < -0.3 is 5.11 Å². The number of nitrogens with zero attached hydrogens (tertiary/aromatic N) is 3. The van der Waals surface area contributed by atoms with E-state index in [1.807, 2.05) is 32.0 Å². The molecular formula is C25H27N3O3S. The standard InChI is InChI=1S/C25H27N3O3S/c1-14(2)11-18(29)20-21(15-7-6-10-26-13-15)28(23(31)22(20)30)24-27-17-9-8-16(25(3,4)5)12-19(17)32-24/h6-10,12-14,21,30H,11H2,1-5H3. The Bertz CT molecular complexity index is 1220. The molecule has 1 N–H and O–H groups in total. The molecule has 0 fully saturated rings. The smallest absolute Gasteiger partial charge is 0.296 e. The Hall–Kier alpha value is -3.06. The molecule has 1 aliphatic heterocycles. The second kappa shape index (κ2) is 8.13. The highest BCUT2D eigenvalue weighted by Crippen LogP contribution is 2.44. The Labute approximate surface area is 191 Å². The quantitative estimate of drug-likeness (QED) is 0.556. The van der Waals surface area contributed by atoms with E-state index >= 15 is 0 Å². The summed E-state index contributed by atoms with van der Waals surface area (Å²) in [6, 6.07) is 8.90. The van der Waals surface area contributed by atoms with Crippen molar-refractivity contribution < 1.29 is 14.7 Å². The lowest BCUT2D eigenvalue weighted by Crippen LogP contribution is -2.31. The molecule has 0 saturated heterocycles. The summed E-state index contributed by atoms with van der Waals surface area (Å²) in [7, 11) is 0. The zero-order valence-electron chi connectivity index (χ0n) is 18.9. The van der Waals surface area contributed by atoms with Crippen molar-refractivity contribution in [2.24, 2.45) is 5.92 Å². The third-order valence-corrected chi connectivity index (χ3v) is 6.57. The van der Waals surface area contributed by atoms with Crippen molar-refractivity contribution >= 4 is 38.4 Å². The predicted octanol–water partition coefficient (Wildman–Crippen LogP) is 5.50. The Morgan fingerprint density at radius 2 is 2.00 bits per heavy atom. The molecule has 166 valence electrons. The van der Waals surface area contributed by atoms with Crippen molar-refractivity contribution in [3.8, 4) is 0 Å². The molecule has 3 heterocycles. The van der Waals surface area contributed by atoms with Gasteiger partial charge in [0.25, 0.3) is 5.91 Å². The molecule has 0 saturated carbocycles. The zero-order valence-corrected chi connectivity index (χ0v) is 19.7. The lowest BCUT2D eigenvalue weighted by Gasteiger charge is -2.24. The largest absolute Gasteiger partial charge is 0.503 e. The van der Waals surface area contributed by atoms with Crippen molar-refractivity contribution in [1.82, 2.24) is 9.97 Å². The zero-order chi connectivity index (χ0) is 23.2. The Morgan fingerprint density at radius 3 is 2.62 bits per heavy atom. The van der Waals surface area contributed by atoms with Gasteiger partial charge in [0.15, 0.2) is 16.7 Å². The van der Waals surface area contributed by atoms with Crippen LogP contribution in [0.25, 0.3) is 10.2 Å². The summed E-state index contributed by atoms with van der Waals surface area (Å²) in [5, 5.41) is 11.2. The first kappa shape index (κ1) is 22.1. The number of rotatable bonds is 5. The van der Waals surface area contributed by atoms with Crippen molar-refractivity contribution in [1.29, 1.82) is 0 Å². The Kier molecular flexibility index (Phi) is 5.63. The van der Waals surface area contributed by atoms with Gasteiger partial charge in [-0.15, -0.1) is 0 Å². The van der Waals surface area contributed by atoms with Crippen LogP contribution in [0.2, 0.25) is 0 Å². The van der Waals surface area contributed by atoms with Gasteiger partial charge in [-0.3, -0.25) is 19.5 Å². The van der Waals surface area contributed by atoms with E-state index in [2.05, 4.69) is 36.8 Å². The number of fused-ring (bicyclic) bond motifs is 1. The minimum atomic E-state index is -0.759. The summed E-state index contributed by atoms with van der Waals surface area (Å²) in [6.45, 7) is 10.3. The van der Waals surface area contributed by atoms with E-state index in [-0.39, 0.29) is 29.1 Å². The number of aromatic nitrogens is 2. The van der Waals surface area contributed by atoms with Crippen LogP contribution >= 0.6 is 11.3 Å². The van der Waals surface area contributed by atoms with Gasteiger partial charge >= 0.3 is 0 Å². The van der Waals surface area contributed by atoms with Crippen LogP contribution in [-0.4, -0.2) is 26.8 Å². The van der Waals surface area contributed by atoms with Crippen LogP contribution in [0.1, 0.15) is 58.2 Å². The summed E-state index contributed by atoms with van der Waals surface area (Å²) >= 11 is 1.38. The number of ketones is 1. The molecule has 1 aromatic carbocycles. The normalized spacial score (nSPS) is 17.1. The van der Waals surface area contributed by atoms with Crippen LogP contribution in [0.4, 0.5) is 5.13 Å². The molecular weight excluding hydrogens is 422 g/mol. The number of hydrogen-bond donors (Lipinski definition) is 1. The van der Waals surface area contributed by atoms with Crippen LogP contribution in [0.3, 0.4) is 0 Å². The molecule has 2 aromatic heterocycles. The van der Waals surface area contributed by atoms with Gasteiger partial charge in [-0.1, -0.05) is 58.1 Å². The molecule has 32 heavy (non-hydrogen) atoms. The predicted molar refractivity (Wildman–Crippen MR) is 127 cm³/mol. The van der Waals surface area contributed by atoms with Crippen molar-refractivity contribution in [2.45, 2.75) is 52.5 Å². The van der Waals surface area contributed by atoms with Gasteiger partial charge in [-0.05, 0) is 40.7 Å². The number of carbonyl (C=O) groups excluding carboxylic acids is 2. The number of carbonyl (C=O) groups is 2. The fraction of sp³-hybridized carbons (Fsp3) is 0.360. The molecule has 0 aliphatic carbocycles. The minimum absolute atomic E-state index is 0.0176. The highest BCUT2D eigenvalue weighted by molar-refractivity contribution is 7.22. The summed E-state index contributed by atoms with van der Waals surface area (Å²) < 4.78 is 0.951. The Morgan fingerprint density at radius 1 is 1.25 bits per heavy atom. The van der Waals surface area contributed by atoms with Crippen LogP contribution in [0.15, 0.2) is 54.1 Å². The van der Waals surface area contributed by atoms with E-state index in [1.54, 1.807) is 18.5 Å². The third-order valence-electron chi connectivity index (χ3n) is 5.55. The fourth-order valence-corrected chi connectivity index (χ4v) is 4.93. The number of hydrogen-bond acceptors (Lipinski definition) is 6. The molecule has 1 unspecified atom stereocenters. The average Bonchev–Trinajstić information content (AvgIpc) is 3.25. The molecule has 7 heteroatoms.